The second kappa shape index (κ2) is 8.34. The summed E-state index contributed by atoms with van der Waals surface area (Å²) in [5.74, 6) is 0.644. The molecule has 1 unspecified atom stereocenters. The summed E-state index contributed by atoms with van der Waals surface area (Å²) in [5, 5.41) is 0. The van der Waals surface area contributed by atoms with Gasteiger partial charge in [0.15, 0.2) is 0 Å². The van der Waals surface area contributed by atoms with Crippen LogP contribution in [0.5, 0.6) is 0 Å². The van der Waals surface area contributed by atoms with E-state index in [1.165, 1.54) is 0 Å². The lowest BCUT2D eigenvalue weighted by atomic mass is 10.0. The lowest BCUT2D eigenvalue weighted by molar-refractivity contribution is -0.174. The molecular weight excluding hydrogens is 285 g/mol. The Morgan fingerprint density at radius 1 is 1.19 bits per heavy atom. The fourth-order valence-electron chi connectivity index (χ4n) is 1.39. The summed E-state index contributed by atoms with van der Waals surface area (Å²) in [6, 6.07) is 0. The van der Waals surface area contributed by atoms with E-state index < -0.39 is 12.8 Å². The van der Waals surface area contributed by atoms with E-state index in [1.807, 2.05) is 0 Å². The Morgan fingerprint density at radius 2 is 1.81 bits per heavy atom. The molecule has 98 valence electrons. The summed E-state index contributed by atoms with van der Waals surface area (Å²) >= 11 is 3.56. The van der Waals surface area contributed by atoms with Crippen molar-refractivity contribution in [2.45, 2.75) is 50.5 Å². The minimum Gasteiger partial charge on any atom is -0.372 e. The topological polar surface area (TPSA) is 9.23 Å². The van der Waals surface area contributed by atoms with Crippen molar-refractivity contribution in [2.24, 2.45) is 5.92 Å². The van der Waals surface area contributed by atoms with Gasteiger partial charge in [-0.15, -0.1) is 0 Å². The fourth-order valence-corrected chi connectivity index (χ4v) is 2.46. The predicted octanol–water partition coefficient (Wildman–Crippen LogP) is 4.55. The van der Waals surface area contributed by atoms with E-state index in [-0.39, 0.29) is 6.61 Å². The molecule has 0 aliphatic heterocycles. The molecule has 0 N–H and O–H groups in total. The molecule has 0 aromatic heterocycles. The van der Waals surface area contributed by atoms with Gasteiger partial charge >= 0.3 is 6.18 Å². The molecule has 0 radical (unpaired) electrons. The van der Waals surface area contributed by atoms with Crippen LogP contribution in [-0.2, 0) is 4.74 Å². The first-order valence-electron chi connectivity index (χ1n) is 5.60. The largest absolute Gasteiger partial charge is 0.411 e. The van der Waals surface area contributed by atoms with Crippen LogP contribution in [0.15, 0.2) is 0 Å². The second-order valence-corrected chi connectivity index (χ2v) is 5.69. The molecule has 0 aliphatic carbocycles. The first-order valence-corrected chi connectivity index (χ1v) is 6.51. The van der Waals surface area contributed by atoms with Crippen molar-refractivity contribution in [1.29, 1.82) is 0 Å². The third kappa shape index (κ3) is 12.3. The van der Waals surface area contributed by atoms with E-state index in [9.17, 15) is 13.2 Å². The first kappa shape index (κ1) is 16.2. The Labute approximate surface area is 104 Å². The van der Waals surface area contributed by atoms with Gasteiger partial charge in [0.05, 0.1) is 0 Å². The van der Waals surface area contributed by atoms with Gasteiger partial charge in [0.1, 0.15) is 6.61 Å². The average Bonchev–Trinajstić information content (AvgIpc) is 2.07. The van der Waals surface area contributed by atoms with Crippen LogP contribution in [0.25, 0.3) is 0 Å². The van der Waals surface area contributed by atoms with Gasteiger partial charge < -0.3 is 4.74 Å². The van der Waals surface area contributed by atoms with Crippen LogP contribution in [-0.4, -0.2) is 24.2 Å². The van der Waals surface area contributed by atoms with Crippen LogP contribution >= 0.6 is 15.9 Å². The maximum absolute atomic E-state index is 11.7. The van der Waals surface area contributed by atoms with Crippen LogP contribution in [0, 0.1) is 5.92 Å². The standard InChI is InChI=1S/C11H20BrF3O/c1-9(2)7-10(12)5-3-4-6-16-8-11(13,14)15/h9-10H,3-8H2,1-2H3. The molecule has 0 aromatic carbocycles. The number of hydrogen-bond donors (Lipinski definition) is 0. The average molecular weight is 305 g/mol. The molecule has 16 heavy (non-hydrogen) atoms. The molecule has 0 saturated heterocycles. The Morgan fingerprint density at radius 3 is 2.31 bits per heavy atom. The summed E-state index contributed by atoms with van der Waals surface area (Å²) in [6.45, 7) is 3.37. The Hall–Kier alpha value is 0.230. The smallest absolute Gasteiger partial charge is 0.372 e. The zero-order valence-corrected chi connectivity index (χ0v) is 11.4. The van der Waals surface area contributed by atoms with Gasteiger partial charge in [-0.1, -0.05) is 36.2 Å². The van der Waals surface area contributed by atoms with E-state index in [4.69, 9.17) is 0 Å². The lowest BCUT2D eigenvalue weighted by Crippen LogP contribution is -2.17. The van der Waals surface area contributed by atoms with E-state index in [0.29, 0.717) is 17.2 Å². The van der Waals surface area contributed by atoms with Gasteiger partial charge in [0.2, 0.25) is 0 Å². The predicted molar refractivity (Wildman–Crippen MR) is 62.9 cm³/mol. The number of unbranched alkanes of at least 4 members (excludes halogenated alkanes) is 1. The van der Waals surface area contributed by atoms with E-state index in [0.717, 1.165) is 19.3 Å². The van der Waals surface area contributed by atoms with Crippen molar-refractivity contribution in [3.05, 3.63) is 0 Å². The Kier molecular flexibility index (Phi) is 8.46. The van der Waals surface area contributed by atoms with E-state index in [2.05, 4.69) is 34.5 Å². The second-order valence-electron chi connectivity index (χ2n) is 4.39. The first-order chi connectivity index (χ1) is 7.31. The highest BCUT2D eigenvalue weighted by atomic mass is 79.9. The number of halogens is 4. The third-order valence-corrected chi connectivity index (χ3v) is 2.88. The lowest BCUT2D eigenvalue weighted by Gasteiger charge is -2.12. The molecule has 0 aromatic rings. The quantitative estimate of drug-likeness (QED) is 0.472. The summed E-state index contributed by atoms with van der Waals surface area (Å²) in [5.41, 5.74) is 0. The van der Waals surface area contributed by atoms with Crippen molar-refractivity contribution >= 4 is 15.9 Å². The van der Waals surface area contributed by atoms with Gasteiger partial charge in [-0.3, -0.25) is 0 Å². The maximum Gasteiger partial charge on any atom is 0.411 e. The highest BCUT2D eigenvalue weighted by Crippen LogP contribution is 2.19. The minimum atomic E-state index is -4.20. The molecule has 0 aliphatic rings. The van der Waals surface area contributed by atoms with Gasteiger partial charge in [-0.05, 0) is 25.2 Å². The maximum atomic E-state index is 11.7. The Bertz CT molecular complexity index is 171. The van der Waals surface area contributed by atoms with Crippen molar-refractivity contribution in [1.82, 2.24) is 0 Å². The molecule has 0 rings (SSSR count). The molecule has 0 fully saturated rings. The van der Waals surface area contributed by atoms with Crippen LogP contribution in [0.4, 0.5) is 13.2 Å². The zero-order chi connectivity index (χ0) is 12.6. The SMILES string of the molecule is CC(C)CC(Br)CCCCOCC(F)(F)F. The molecule has 1 nitrogen and oxygen atoms in total. The number of alkyl halides is 4. The monoisotopic (exact) mass is 304 g/mol. The van der Waals surface area contributed by atoms with Crippen LogP contribution < -0.4 is 0 Å². The van der Waals surface area contributed by atoms with Crippen LogP contribution in [0.2, 0.25) is 0 Å². The fraction of sp³-hybridized carbons (Fsp3) is 1.00. The van der Waals surface area contributed by atoms with Gasteiger partial charge in [0, 0.05) is 11.4 Å². The minimum absolute atomic E-state index is 0.195. The molecule has 0 amide bonds. The normalized spacial score (nSPS) is 14.4. The van der Waals surface area contributed by atoms with E-state index in [1.54, 1.807) is 0 Å². The Balaban J connectivity index is 3.27. The molecule has 0 saturated carbocycles. The summed E-state index contributed by atoms with van der Waals surface area (Å²) in [7, 11) is 0. The molecule has 1 atom stereocenters. The van der Waals surface area contributed by atoms with Crippen molar-refractivity contribution in [3.8, 4) is 0 Å². The van der Waals surface area contributed by atoms with Crippen molar-refractivity contribution in [2.75, 3.05) is 13.2 Å². The van der Waals surface area contributed by atoms with E-state index >= 15 is 0 Å². The van der Waals surface area contributed by atoms with Crippen molar-refractivity contribution < 1.29 is 17.9 Å². The summed E-state index contributed by atoms with van der Waals surface area (Å²) < 4.78 is 39.6. The third-order valence-electron chi connectivity index (χ3n) is 2.05. The van der Waals surface area contributed by atoms with Crippen LogP contribution in [0.3, 0.4) is 0 Å². The highest BCUT2D eigenvalue weighted by Gasteiger charge is 2.27. The van der Waals surface area contributed by atoms with Crippen molar-refractivity contribution in [3.63, 3.8) is 0 Å². The molecular formula is C11H20BrF3O. The number of ether oxygens (including phenoxy) is 1. The number of hydrogen-bond acceptors (Lipinski definition) is 1. The van der Waals surface area contributed by atoms with Gasteiger partial charge in [-0.25, -0.2) is 0 Å². The summed E-state index contributed by atoms with van der Waals surface area (Å²) in [6.07, 6.45) is -0.511. The molecule has 0 bridgehead atoms. The molecule has 0 spiro atoms. The highest BCUT2D eigenvalue weighted by molar-refractivity contribution is 9.09. The zero-order valence-electron chi connectivity index (χ0n) is 9.82. The van der Waals surface area contributed by atoms with Crippen LogP contribution in [0.1, 0.15) is 39.5 Å². The molecule has 5 heteroatoms. The van der Waals surface area contributed by atoms with Gasteiger partial charge in [0.25, 0.3) is 0 Å². The number of rotatable bonds is 8. The summed E-state index contributed by atoms with van der Waals surface area (Å²) in [4.78, 5) is 0.468. The molecule has 0 heterocycles. The van der Waals surface area contributed by atoms with Gasteiger partial charge in [-0.2, -0.15) is 13.2 Å².